The van der Waals surface area contributed by atoms with E-state index >= 15 is 0 Å². The number of anilines is 1. The minimum Gasteiger partial charge on any atom is -0.476 e. The lowest BCUT2D eigenvalue weighted by atomic mass is 9.86. The normalized spacial score (nSPS) is 17.8. The molecule has 0 unspecified atom stereocenters. The molecule has 1 saturated heterocycles. The highest BCUT2D eigenvalue weighted by Crippen LogP contribution is 2.40. The molecule has 1 amide bonds. The van der Waals surface area contributed by atoms with Gasteiger partial charge in [0.15, 0.2) is 6.10 Å². The molecule has 5 rings (SSSR count). The van der Waals surface area contributed by atoms with Crippen LogP contribution in [0.3, 0.4) is 0 Å². The zero-order valence-corrected chi connectivity index (χ0v) is 24.6. The Balaban J connectivity index is 1.37. The van der Waals surface area contributed by atoms with E-state index in [0.717, 1.165) is 36.3 Å². The monoisotopic (exact) mass is 561 g/mol. The van der Waals surface area contributed by atoms with Gasteiger partial charge in [-0.05, 0) is 79.2 Å². The van der Waals surface area contributed by atoms with E-state index in [-0.39, 0.29) is 22.8 Å². The van der Waals surface area contributed by atoms with Gasteiger partial charge in [-0.25, -0.2) is 8.42 Å². The molecular weight excluding hydrogens is 522 g/mol. The number of amides is 1. The molecule has 3 aromatic carbocycles. The van der Waals surface area contributed by atoms with E-state index in [4.69, 9.17) is 4.74 Å². The highest BCUT2D eigenvalue weighted by molar-refractivity contribution is 7.92. The number of nitrogens with zero attached hydrogens (tertiary/aromatic N) is 2. The molecule has 0 radical (unpaired) electrons. The molecule has 7 nitrogen and oxygen atoms in total. The third-order valence-corrected chi connectivity index (χ3v) is 9.45. The number of carbonyl (C=O) groups is 1. The van der Waals surface area contributed by atoms with Crippen molar-refractivity contribution in [3.8, 4) is 5.75 Å². The summed E-state index contributed by atoms with van der Waals surface area (Å²) in [5, 5.41) is 2.98. The second kappa shape index (κ2) is 11.3. The van der Waals surface area contributed by atoms with Crippen LogP contribution in [0.15, 0.2) is 71.6 Å². The topological polar surface area (TPSA) is 79.0 Å². The van der Waals surface area contributed by atoms with Crippen LogP contribution in [0.25, 0.3) is 0 Å². The van der Waals surface area contributed by atoms with Crippen LogP contribution in [-0.2, 0) is 33.3 Å². The molecule has 0 aromatic heterocycles. The molecule has 1 atom stereocenters. The van der Waals surface area contributed by atoms with Gasteiger partial charge in [0.1, 0.15) is 5.75 Å². The molecule has 0 saturated carbocycles. The second-order valence-electron chi connectivity index (χ2n) is 11.9. The first-order valence-corrected chi connectivity index (χ1v) is 15.4. The molecule has 212 valence electrons. The molecule has 40 heavy (non-hydrogen) atoms. The molecule has 0 aliphatic carbocycles. The first kappa shape index (κ1) is 28.2. The van der Waals surface area contributed by atoms with Crippen molar-refractivity contribution in [2.75, 3.05) is 23.9 Å². The van der Waals surface area contributed by atoms with Crippen molar-refractivity contribution in [3.63, 3.8) is 0 Å². The molecule has 0 bridgehead atoms. The predicted molar refractivity (Wildman–Crippen MR) is 158 cm³/mol. The van der Waals surface area contributed by atoms with Gasteiger partial charge in [0.05, 0.1) is 17.1 Å². The first-order chi connectivity index (χ1) is 19.0. The largest absolute Gasteiger partial charge is 0.476 e. The van der Waals surface area contributed by atoms with Crippen LogP contribution in [-0.4, -0.2) is 45.0 Å². The van der Waals surface area contributed by atoms with Crippen molar-refractivity contribution >= 4 is 21.6 Å². The van der Waals surface area contributed by atoms with E-state index in [1.807, 2.05) is 31.2 Å². The summed E-state index contributed by atoms with van der Waals surface area (Å²) in [5.41, 5.74) is 4.44. The van der Waals surface area contributed by atoms with Crippen molar-refractivity contribution < 1.29 is 17.9 Å². The summed E-state index contributed by atoms with van der Waals surface area (Å²) >= 11 is 0. The average Bonchev–Trinajstić information content (AvgIpc) is 3.43. The summed E-state index contributed by atoms with van der Waals surface area (Å²) in [6.45, 7) is 11.5. The zero-order valence-electron chi connectivity index (χ0n) is 23.8. The van der Waals surface area contributed by atoms with Crippen LogP contribution in [0.1, 0.15) is 55.9 Å². The Morgan fingerprint density at radius 2 is 1.68 bits per heavy atom. The third kappa shape index (κ3) is 6.18. The fourth-order valence-electron chi connectivity index (χ4n) is 5.26. The van der Waals surface area contributed by atoms with Crippen molar-refractivity contribution in [1.29, 1.82) is 0 Å². The number of benzene rings is 3. The van der Waals surface area contributed by atoms with Crippen molar-refractivity contribution in [3.05, 3.63) is 89.0 Å². The van der Waals surface area contributed by atoms with Crippen LogP contribution in [0.5, 0.6) is 5.75 Å². The SMILES string of the molecule is Cc1ccc(S(=O)(=O)N2C[C@H](C(=O)NCc3cccc(CN4CCCC4)c3)Oc3ccc(C(C)(C)C)cc32)cc1. The Kier molecular flexibility index (Phi) is 7.93. The summed E-state index contributed by atoms with van der Waals surface area (Å²) in [4.78, 5) is 16.0. The lowest BCUT2D eigenvalue weighted by Gasteiger charge is -2.36. The van der Waals surface area contributed by atoms with E-state index in [1.54, 1.807) is 30.3 Å². The Labute approximate surface area is 238 Å². The van der Waals surface area contributed by atoms with Gasteiger partial charge in [-0.3, -0.25) is 14.0 Å². The highest BCUT2D eigenvalue weighted by atomic mass is 32.2. The standard InChI is InChI=1S/C32H39N3O4S/c1-23-10-13-27(14-11-23)40(37,38)35-22-30(39-29-15-12-26(19-28(29)35)32(2,3)4)31(36)33-20-24-8-7-9-25(18-24)21-34-16-5-6-17-34/h7-15,18-19,30H,5-6,16-17,20-22H2,1-4H3,(H,33,36)/t30-/m1/s1. The lowest BCUT2D eigenvalue weighted by Crippen LogP contribution is -2.50. The minimum atomic E-state index is -3.94. The number of aryl methyl sites for hydroxylation is 1. The van der Waals surface area contributed by atoms with Crippen LogP contribution in [0, 0.1) is 6.92 Å². The van der Waals surface area contributed by atoms with Gasteiger partial charge in [0.2, 0.25) is 0 Å². The Morgan fingerprint density at radius 3 is 2.38 bits per heavy atom. The average molecular weight is 562 g/mol. The maximum absolute atomic E-state index is 13.9. The van der Waals surface area contributed by atoms with Gasteiger partial charge >= 0.3 is 0 Å². The maximum Gasteiger partial charge on any atom is 0.264 e. The number of hydrogen-bond donors (Lipinski definition) is 1. The summed E-state index contributed by atoms with van der Waals surface area (Å²) in [7, 11) is -3.94. The van der Waals surface area contributed by atoms with Gasteiger partial charge < -0.3 is 10.1 Å². The number of likely N-dealkylation sites (tertiary alicyclic amines) is 1. The van der Waals surface area contributed by atoms with Crippen molar-refractivity contribution in [2.45, 2.75) is 70.0 Å². The maximum atomic E-state index is 13.9. The van der Waals surface area contributed by atoms with Crippen molar-refractivity contribution in [1.82, 2.24) is 10.2 Å². The number of carbonyl (C=O) groups excluding carboxylic acids is 1. The number of rotatable bonds is 7. The van der Waals surface area contributed by atoms with Gasteiger partial charge in [-0.15, -0.1) is 0 Å². The molecule has 1 fully saturated rings. The first-order valence-electron chi connectivity index (χ1n) is 14.0. The molecule has 8 heteroatoms. The van der Waals surface area contributed by atoms with Gasteiger partial charge in [0.25, 0.3) is 15.9 Å². The van der Waals surface area contributed by atoms with E-state index in [0.29, 0.717) is 18.0 Å². The highest BCUT2D eigenvalue weighted by Gasteiger charge is 2.38. The number of sulfonamides is 1. The fourth-order valence-corrected chi connectivity index (χ4v) is 6.73. The van der Waals surface area contributed by atoms with Gasteiger partial charge in [-0.1, -0.05) is 68.8 Å². The molecule has 2 aliphatic heterocycles. The number of fused-ring (bicyclic) bond motifs is 1. The molecular formula is C32H39N3O4S. The Hall–Kier alpha value is -3.36. The van der Waals surface area contributed by atoms with E-state index in [9.17, 15) is 13.2 Å². The van der Waals surface area contributed by atoms with Crippen molar-refractivity contribution in [2.24, 2.45) is 0 Å². The third-order valence-electron chi connectivity index (χ3n) is 7.66. The van der Waals surface area contributed by atoms with E-state index in [2.05, 4.69) is 43.1 Å². The van der Waals surface area contributed by atoms with E-state index < -0.39 is 16.1 Å². The van der Waals surface area contributed by atoms with Crippen LogP contribution >= 0.6 is 0 Å². The molecule has 1 N–H and O–H groups in total. The van der Waals surface area contributed by atoms with Crippen LogP contribution in [0.4, 0.5) is 5.69 Å². The quantitative estimate of drug-likeness (QED) is 0.431. The Morgan fingerprint density at radius 1 is 0.975 bits per heavy atom. The molecule has 2 aliphatic rings. The smallest absolute Gasteiger partial charge is 0.264 e. The zero-order chi connectivity index (χ0) is 28.5. The summed E-state index contributed by atoms with van der Waals surface area (Å²) < 4.78 is 35.2. The molecule has 2 heterocycles. The fraction of sp³-hybridized carbons (Fsp3) is 0.406. The minimum absolute atomic E-state index is 0.113. The van der Waals surface area contributed by atoms with Gasteiger partial charge in [0, 0.05) is 13.1 Å². The summed E-state index contributed by atoms with van der Waals surface area (Å²) in [6.07, 6.45) is 1.50. The van der Waals surface area contributed by atoms with Crippen LogP contribution in [0.2, 0.25) is 0 Å². The molecule has 0 spiro atoms. The summed E-state index contributed by atoms with van der Waals surface area (Å²) in [6, 6.07) is 20.6. The Bertz CT molecular complexity index is 1470. The molecule has 3 aromatic rings. The van der Waals surface area contributed by atoms with E-state index in [1.165, 1.54) is 22.7 Å². The summed E-state index contributed by atoms with van der Waals surface area (Å²) in [5.74, 6) is 0.0299. The number of hydrogen-bond acceptors (Lipinski definition) is 5. The van der Waals surface area contributed by atoms with Gasteiger partial charge in [-0.2, -0.15) is 0 Å². The number of nitrogens with one attached hydrogen (secondary N) is 1. The predicted octanol–water partition coefficient (Wildman–Crippen LogP) is 5.16. The van der Waals surface area contributed by atoms with Crippen LogP contribution < -0.4 is 14.4 Å². The second-order valence-corrected chi connectivity index (χ2v) is 13.8. The lowest BCUT2D eigenvalue weighted by molar-refractivity contribution is -0.127. The number of ether oxygens (including phenoxy) is 1.